The number of nitrogen functional groups attached to an aromatic ring is 1. The normalized spacial score (nSPS) is 12.7. The topological polar surface area (TPSA) is 56.2 Å². The Bertz CT molecular complexity index is 1190. The van der Waals surface area contributed by atoms with Gasteiger partial charge in [0.1, 0.15) is 5.82 Å². The van der Waals surface area contributed by atoms with E-state index in [9.17, 15) is 0 Å². The fourth-order valence-electron chi connectivity index (χ4n) is 3.47. The second-order valence-electron chi connectivity index (χ2n) is 6.80. The van der Waals surface area contributed by atoms with Crippen LogP contribution in [0.4, 0.5) is 5.69 Å². The van der Waals surface area contributed by atoms with E-state index in [0.717, 1.165) is 45.2 Å². The highest BCUT2D eigenvalue weighted by Crippen LogP contribution is 2.28. The zero-order valence-corrected chi connectivity index (χ0v) is 15.8. The minimum absolute atomic E-state index is 0.682. The number of fused-ring (bicyclic) bond motifs is 2. The number of hydrogen-bond acceptors (Lipinski definition) is 3. The average Bonchev–Trinajstić information content (AvgIpc) is 3.05. The molecule has 0 fully saturated rings. The zero-order valence-electron chi connectivity index (χ0n) is 15.0. The quantitative estimate of drug-likeness (QED) is 0.436. The molecule has 0 radical (unpaired) electrons. The van der Waals surface area contributed by atoms with Crippen molar-refractivity contribution in [3.63, 3.8) is 0 Å². The van der Waals surface area contributed by atoms with E-state index >= 15 is 0 Å². The number of imidazole rings is 1. The Kier molecular flexibility index (Phi) is 3.99. The maximum Gasteiger partial charge on any atom is 0.135 e. The molecule has 0 saturated heterocycles. The third-order valence-corrected chi connectivity index (χ3v) is 5.13. The zero-order chi connectivity index (χ0) is 19.1. The number of hydrogen-bond donors (Lipinski definition) is 1. The second-order valence-corrected chi connectivity index (χ2v) is 7.24. The summed E-state index contributed by atoms with van der Waals surface area (Å²) in [5, 5.41) is 5.63. The van der Waals surface area contributed by atoms with Crippen LogP contribution in [-0.4, -0.2) is 15.4 Å². The van der Waals surface area contributed by atoms with E-state index in [1.54, 1.807) is 0 Å². The molecule has 0 spiro atoms. The van der Waals surface area contributed by atoms with Gasteiger partial charge in [0.05, 0.1) is 17.6 Å². The van der Waals surface area contributed by atoms with Gasteiger partial charge in [0.15, 0.2) is 0 Å². The maximum atomic E-state index is 6.30. The molecule has 5 rings (SSSR count). The Morgan fingerprint density at radius 3 is 2.46 bits per heavy atom. The number of nitrogens with zero attached hydrogens (tertiary/aromatic N) is 3. The number of rotatable bonds is 2. The molecule has 136 valence electrons. The first-order valence-electron chi connectivity index (χ1n) is 9.05. The van der Waals surface area contributed by atoms with Crippen LogP contribution in [0.2, 0.25) is 5.02 Å². The summed E-state index contributed by atoms with van der Waals surface area (Å²) in [5.74, 6) is 0.896. The van der Waals surface area contributed by atoms with E-state index in [1.165, 1.54) is 0 Å². The third-order valence-electron chi connectivity index (χ3n) is 4.90. The molecule has 1 aromatic heterocycles. The summed E-state index contributed by atoms with van der Waals surface area (Å²) < 4.78 is 1.88. The molecule has 0 unspecified atom stereocenters. The fraction of sp³-hybridized carbons (Fsp3) is 0.0435. The Morgan fingerprint density at radius 1 is 0.893 bits per heavy atom. The van der Waals surface area contributed by atoms with Crippen molar-refractivity contribution in [3.05, 3.63) is 107 Å². The molecule has 0 atom stereocenters. The Morgan fingerprint density at radius 2 is 1.68 bits per heavy atom. The smallest absolute Gasteiger partial charge is 0.135 e. The van der Waals surface area contributed by atoms with E-state index < -0.39 is 0 Å². The van der Waals surface area contributed by atoms with Gasteiger partial charge in [-0.3, -0.25) is 0 Å². The molecule has 0 bridgehead atoms. The molecule has 0 aliphatic carbocycles. The lowest BCUT2D eigenvalue weighted by Crippen LogP contribution is -2.07. The highest BCUT2D eigenvalue weighted by molar-refractivity contribution is 6.31. The Labute approximate surface area is 167 Å². The van der Waals surface area contributed by atoms with E-state index in [-0.39, 0.29) is 0 Å². The monoisotopic (exact) mass is 384 g/mol. The highest BCUT2D eigenvalue weighted by Gasteiger charge is 2.21. The molecular formula is C23H17ClN4. The lowest BCUT2D eigenvalue weighted by atomic mass is 9.96. The number of halogens is 1. The van der Waals surface area contributed by atoms with E-state index in [2.05, 4.69) is 18.2 Å². The number of nitrogens with two attached hydrogens (primary N) is 1. The van der Waals surface area contributed by atoms with Gasteiger partial charge in [0.2, 0.25) is 0 Å². The van der Waals surface area contributed by atoms with Crippen molar-refractivity contribution in [2.75, 3.05) is 5.73 Å². The number of benzene rings is 3. The van der Waals surface area contributed by atoms with Crippen LogP contribution >= 0.6 is 11.6 Å². The molecule has 4 aromatic rings. The number of anilines is 1. The molecule has 2 N–H and O–H groups in total. The lowest BCUT2D eigenvalue weighted by molar-refractivity contribution is 0.806. The van der Waals surface area contributed by atoms with Crippen LogP contribution in [-0.2, 0) is 6.42 Å². The van der Waals surface area contributed by atoms with Crippen molar-refractivity contribution in [1.29, 1.82) is 0 Å². The van der Waals surface area contributed by atoms with Crippen LogP contribution in [0.3, 0.4) is 0 Å². The summed E-state index contributed by atoms with van der Waals surface area (Å²) in [6, 6.07) is 23.8. The van der Waals surface area contributed by atoms with Crippen LogP contribution in [0.1, 0.15) is 22.5 Å². The fourth-order valence-corrected chi connectivity index (χ4v) is 3.65. The van der Waals surface area contributed by atoms with Crippen LogP contribution in [0.25, 0.3) is 11.3 Å². The number of aromatic nitrogens is 2. The predicted octanol–water partition coefficient (Wildman–Crippen LogP) is 4.99. The van der Waals surface area contributed by atoms with Gasteiger partial charge in [-0.2, -0.15) is 5.10 Å². The average molecular weight is 385 g/mol. The summed E-state index contributed by atoms with van der Waals surface area (Å²) in [6.45, 7) is 0. The van der Waals surface area contributed by atoms with Crippen molar-refractivity contribution in [2.24, 2.45) is 5.10 Å². The van der Waals surface area contributed by atoms with Crippen molar-refractivity contribution in [1.82, 2.24) is 9.66 Å². The van der Waals surface area contributed by atoms with Crippen LogP contribution in [0, 0.1) is 0 Å². The molecule has 2 heterocycles. The summed E-state index contributed by atoms with van der Waals surface area (Å²) in [7, 11) is 0. The maximum absolute atomic E-state index is 6.30. The predicted molar refractivity (Wildman–Crippen MR) is 114 cm³/mol. The molecule has 4 nitrogen and oxygen atoms in total. The third kappa shape index (κ3) is 2.98. The Balaban J connectivity index is 1.71. The molecule has 0 amide bonds. The first kappa shape index (κ1) is 16.8. The van der Waals surface area contributed by atoms with Gasteiger partial charge in [-0.05, 0) is 29.8 Å². The van der Waals surface area contributed by atoms with Gasteiger partial charge < -0.3 is 5.73 Å². The van der Waals surface area contributed by atoms with Gasteiger partial charge in [-0.15, -0.1) is 0 Å². The molecule has 3 aromatic carbocycles. The van der Waals surface area contributed by atoms with E-state index in [1.807, 2.05) is 65.5 Å². The highest BCUT2D eigenvalue weighted by atomic mass is 35.5. The van der Waals surface area contributed by atoms with Gasteiger partial charge in [0.25, 0.3) is 0 Å². The molecule has 5 heteroatoms. The minimum atomic E-state index is 0.682. The van der Waals surface area contributed by atoms with E-state index in [0.29, 0.717) is 11.4 Å². The molecule has 28 heavy (non-hydrogen) atoms. The summed E-state index contributed by atoms with van der Waals surface area (Å²) >= 11 is 6.30. The summed E-state index contributed by atoms with van der Waals surface area (Å²) in [5.41, 5.74) is 12.6. The second kappa shape index (κ2) is 6.66. The first-order chi connectivity index (χ1) is 13.7. The van der Waals surface area contributed by atoms with Crippen LogP contribution in [0.5, 0.6) is 0 Å². The van der Waals surface area contributed by atoms with Gasteiger partial charge in [-0.1, -0.05) is 60.1 Å². The summed E-state index contributed by atoms with van der Waals surface area (Å²) in [4.78, 5) is 4.85. The SMILES string of the molecule is Nc1ccc(C2=Nn3cc(-c4ccccc4)nc3Cc3ccc(Cl)cc32)cc1. The molecule has 1 aliphatic heterocycles. The lowest BCUT2D eigenvalue weighted by Gasteiger charge is -2.10. The molecule has 0 saturated carbocycles. The first-order valence-corrected chi connectivity index (χ1v) is 9.42. The van der Waals surface area contributed by atoms with Crippen molar-refractivity contribution in [3.8, 4) is 11.3 Å². The van der Waals surface area contributed by atoms with Crippen molar-refractivity contribution >= 4 is 23.0 Å². The van der Waals surface area contributed by atoms with Crippen molar-refractivity contribution < 1.29 is 0 Å². The standard InChI is InChI=1S/C23H17ClN4/c24-18-9-6-17-12-22-26-21(15-4-2-1-3-5-15)14-28(22)27-23(20(17)13-18)16-7-10-19(25)11-8-16/h1-11,13-14H,12,25H2. The minimum Gasteiger partial charge on any atom is -0.399 e. The van der Waals surface area contributed by atoms with Gasteiger partial charge in [-0.25, -0.2) is 9.66 Å². The van der Waals surface area contributed by atoms with Gasteiger partial charge >= 0.3 is 0 Å². The van der Waals surface area contributed by atoms with Gasteiger partial charge in [0, 0.05) is 33.8 Å². The van der Waals surface area contributed by atoms with Crippen LogP contribution in [0.15, 0.2) is 84.1 Å². The molecular weight excluding hydrogens is 368 g/mol. The van der Waals surface area contributed by atoms with Crippen LogP contribution < -0.4 is 5.73 Å². The molecule has 1 aliphatic rings. The largest absolute Gasteiger partial charge is 0.399 e. The van der Waals surface area contributed by atoms with E-state index in [4.69, 9.17) is 27.4 Å². The van der Waals surface area contributed by atoms with Crippen molar-refractivity contribution in [2.45, 2.75) is 6.42 Å². The Hall–Kier alpha value is -3.37. The summed E-state index contributed by atoms with van der Waals surface area (Å²) in [6.07, 6.45) is 2.66.